The average Bonchev–Trinajstić information content (AvgIpc) is 3.16. The van der Waals surface area contributed by atoms with Crippen LogP contribution in [0.2, 0.25) is 0 Å². The predicted molar refractivity (Wildman–Crippen MR) is 108 cm³/mol. The van der Waals surface area contributed by atoms with E-state index in [1.54, 1.807) is 17.0 Å². The van der Waals surface area contributed by atoms with Gasteiger partial charge in [-0.2, -0.15) is 0 Å². The second-order valence-corrected chi connectivity index (χ2v) is 6.87. The lowest BCUT2D eigenvalue weighted by molar-refractivity contribution is 0.0950. The van der Waals surface area contributed by atoms with Crippen molar-refractivity contribution < 1.29 is 9.59 Å². The molecule has 0 spiro atoms. The summed E-state index contributed by atoms with van der Waals surface area (Å²) in [4.78, 5) is 31.4. The number of pyridine rings is 1. The quantitative estimate of drug-likeness (QED) is 0.763. The van der Waals surface area contributed by atoms with E-state index in [2.05, 4.69) is 10.3 Å². The molecule has 28 heavy (non-hydrogen) atoms. The number of aromatic nitrogens is 1. The average molecular weight is 371 g/mol. The molecule has 0 fully saturated rings. The topological polar surface area (TPSA) is 62.3 Å². The van der Waals surface area contributed by atoms with Crippen LogP contribution in [-0.4, -0.2) is 23.3 Å². The van der Waals surface area contributed by atoms with Crippen LogP contribution in [-0.2, 0) is 13.0 Å². The molecular formula is C23H21N3O2. The fourth-order valence-corrected chi connectivity index (χ4v) is 3.46. The van der Waals surface area contributed by atoms with E-state index >= 15 is 0 Å². The number of nitrogens with zero attached hydrogens (tertiary/aromatic N) is 2. The maximum Gasteiger partial charge on any atom is 0.276 e. The summed E-state index contributed by atoms with van der Waals surface area (Å²) >= 11 is 0. The second-order valence-electron chi connectivity index (χ2n) is 6.87. The fourth-order valence-electron chi connectivity index (χ4n) is 3.46. The van der Waals surface area contributed by atoms with Crippen LogP contribution in [0.15, 0.2) is 66.9 Å². The number of hydrogen-bond donors (Lipinski definition) is 1. The molecule has 3 aromatic rings. The smallest absolute Gasteiger partial charge is 0.276 e. The molecule has 140 valence electrons. The van der Waals surface area contributed by atoms with E-state index in [-0.39, 0.29) is 17.5 Å². The molecule has 0 bridgehead atoms. The number of aryl methyl sites for hydroxylation is 1. The number of benzene rings is 2. The molecule has 2 amide bonds. The lowest BCUT2D eigenvalue weighted by Crippen LogP contribution is -2.30. The molecule has 1 aliphatic rings. The van der Waals surface area contributed by atoms with Gasteiger partial charge >= 0.3 is 0 Å². The first-order valence-corrected chi connectivity index (χ1v) is 9.32. The van der Waals surface area contributed by atoms with Gasteiger partial charge in [0.1, 0.15) is 5.69 Å². The molecule has 0 atom stereocenters. The molecule has 0 saturated heterocycles. The van der Waals surface area contributed by atoms with Crippen LogP contribution < -0.4 is 10.2 Å². The molecule has 0 radical (unpaired) electrons. The van der Waals surface area contributed by atoms with Gasteiger partial charge in [0.2, 0.25) is 0 Å². The SMILES string of the molecule is Cc1ccccc1CNC(=O)c1ccnc(C(=O)N2CCc3ccccc32)c1. The fraction of sp³-hybridized carbons (Fsp3) is 0.174. The zero-order valence-corrected chi connectivity index (χ0v) is 15.7. The monoisotopic (exact) mass is 371 g/mol. The summed E-state index contributed by atoms with van der Waals surface area (Å²) in [6, 6.07) is 19.0. The normalized spacial score (nSPS) is 12.5. The lowest BCUT2D eigenvalue weighted by atomic mass is 10.1. The number of hydrogen-bond acceptors (Lipinski definition) is 3. The number of anilines is 1. The van der Waals surface area contributed by atoms with Gasteiger partial charge in [0.05, 0.1) is 0 Å². The minimum Gasteiger partial charge on any atom is -0.348 e. The summed E-state index contributed by atoms with van der Waals surface area (Å²) in [6.45, 7) is 3.08. The van der Waals surface area contributed by atoms with Crippen LogP contribution in [0.4, 0.5) is 5.69 Å². The number of nitrogens with one attached hydrogen (secondary N) is 1. The van der Waals surface area contributed by atoms with Gasteiger partial charge in [-0.3, -0.25) is 14.6 Å². The first-order chi connectivity index (χ1) is 13.6. The minimum atomic E-state index is -0.221. The Labute approximate surface area is 164 Å². The summed E-state index contributed by atoms with van der Waals surface area (Å²) in [5.41, 5.74) is 4.97. The number of carbonyl (C=O) groups excluding carboxylic acids is 2. The molecule has 2 heterocycles. The Balaban J connectivity index is 1.49. The Morgan fingerprint density at radius 3 is 2.71 bits per heavy atom. The second kappa shape index (κ2) is 7.64. The minimum absolute atomic E-state index is 0.182. The van der Waals surface area contributed by atoms with Gasteiger partial charge < -0.3 is 10.2 Å². The number of rotatable bonds is 4. The third kappa shape index (κ3) is 3.51. The Kier molecular flexibility index (Phi) is 4.89. The number of amides is 2. The molecule has 5 nitrogen and oxygen atoms in total. The highest BCUT2D eigenvalue weighted by Gasteiger charge is 2.26. The third-order valence-corrected chi connectivity index (χ3v) is 5.07. The van der Waals surface area contributed by atoms with E-state index in [0.717, 1.165) is 28.8 Å². The highest BCUT2D eigenvalue weighted by atomic mass is 16.2. The highest BCUT2D eigenvalue weighted by Crippen LogP contribution is 2.28. The first-order valence-electron chi connectivity index (χ1n) is 9.32. The lowest BCUT2D eigenvalue weighted by Gasteiger charge is -2.17. The summed E-state index contributed by atoms with van der Waals surface area (Å²) in [6.07, 6.45) is 2.34. The standard InChI is InChI=1S/C23H21N3O2/c1-16-6-2-3-8-19(16)15-25-22(27)18-10-12-24-20(14-18)23(28)26-13-11-17-7-4-5-9-21(17)26/h2-10,12,14H,11,13,15H2,1H3,(H,25,27). The van der Waals surface area contributed by atoms with Crippen molar-refractivity contribution in [3.05, 3.63) is 94.8 Å². The molecule has 5 heteroatoms. The van der Waals surface area contributed by atoms with Gasteiger partial charge in [-0.15, -0.1) is 0 Å². The molecular weight excluding hydrogens is 350 g/mol. The zero-order valence-electron chi connectivity index (χ0n) is 15.7. The first kappa shape index (κ1) is 17.9. The van der Waals surface area contributed by atoms with E-state index in [1.165, 1.54) is 6.20 Å². The van der Waals surface area contributed by atoms with Crippen molar-refractivity contribution in [3.8, 4) is 0 Å². The van der Waals surface area contributed by atoms with Crippen LogP contribution in [0.1, 0.15) is 37.5 Å². The summed E-state index contributed by atoms with van der Waals surface area (Å²) in [7, 11) is 0. The predicted octanol–water partition coefficient (Wildman–Crippen LogP) is 3.52. The Bertz CT molecular complexity index is 1050. The van der Waals surface area contributed by atoms with E-state index in [1.807, 2.05) is 55.5 Å². The van der Waals surface area contributed by atoms with E-state index in [4.69, 9.17) is 0 Å². The van der Waals surface area contributed by atoms with Gasteiger partial charge in [0.15, 0.2) is 0 Å². The van der Waals surface area contributed by atoms with Crippen molar-refractivity contribution in [3.63, 3.8) is 0 Å². The number of carbonyl (C=O) groups is 2. The Morgan fingerprint density at radius 2 is 1.86 bits per heavy atom. The van der Waals surface area contributed by atoms with Crippen molar-refractivity contribution in [1.82, 2.24) is 10.3 Å². The van der Waals surface area contributed by atoms with Crippen molar-refractivity contribution in [2.45, 2.75) is 19.9 Å². The van der Waals surface area contributed by atoms with Gasteiger partial charge in [-0.1, -0.05) is 42.5 Å². The van der Waals surface area contributed by atoms with Crippen molar-refractivity contribution >= 4 is 17.5 Å². The molecule has 0 saturated carbocycles. The van der Waals surface area contributed by atoms with Crippen LogP contribution in [0.5, 0.6) is 0 Å². The third-order valence-electron chi connectivity index (χ3n) is 5.07. The molecule has 1 N–H and O–H groups in total. The summed E-state index contributed by atoms with van der Waals surface area (Å²) < 4.78 is 0. The maximum absolute atomic E-state index is 12.9. The van der Waals surface area contributed by atoms with Crippen LogP contribution in [0, 0.1) is 6.92 Å². The molecule has 4 rings (SSSR count). The van der Waals surface area contributed by atoms with E-state index in [9.17, 15) is 9.59 Å². The highest BCUT2D eigenvalue weighted by molar-refractivity contribution is 6.07. The Morgan fingerprint density at radius 1 is 1.07 bits per heavy atom. The number of para-hydroxylation sites is 1. The van der Waals surface area contributed by atoms with Gasteiger partial charge in [-0.25, -0.2) is 0 Å². The molecule has 1 aliphatic heterocycles. The molecule has 0 unspecified atom stereocenters. The molecule has 0 aliphatic carbocycles. The van der Waals surface area contributed by atoms with Crippen molar-refractivity contribution in [2.24, 2.45) is 0 Å². The molecule has 1 aromatic heterocycles. The summed E-state index contributed by atoms with van der Waals surface area (Å²) in [5.74, 6) is -0.403. The van der Waals surface area contributed by atoms with Crippen LogP contribution >= 0.6 is 0 Å². The Hall–Kier alpha value is -3.47. The largest absolute Gasteiger partial charge is 0.348 e. The van der Waals surface area contributed by atoms with Gasteiger partial charge in [-0.05, 0) is 48.2 Å². The van der Waals surface area contributed by atoms with Gasteiger partial charge in [0.25, 0.3) is 11.8 Å². The van der Waals surface area contributed by atoms with Gasteiger partial charge in [0, 0.05) is 30.5 Å². The number of fused-ring (bicyclic) bond motifs is 1. The van der Waals surface area contributed by atoms with Crippen LogP contribution in [0.25, 0.3) is 0 Å². The maximum atomic E-state index is 12.9. The van der Waals surface area contributed by atoms with Crippen molar-refractivity contribution in [2.75, 3.05) is 11.4 Å². The zero-order chi connectivity index (χ0) is 19.5. The summed E-state index contributed by atoms with van der Waals surface area (Å²) in [5, 5.41) is 2.92. The van der Waals surface area contributed by atoms with E-state index < -0.39 is 0 Å². The van der Waals surface area contributed by atoms with Crippen molar-refractivity contribution in [1.29, 1.82) is 0 Å². The van der Waals surface area contributed by atoms with E-state index in [0.29, 0.717) is 18.7 Å². The van der Waals surface area contributed by atoms with Crippen LogP contribution in [0.3, 0.4) is 0 Å². The molecule has 2 aromatic carbocycles.